The van der Waals surface area contributed by atoms with Crippen molar-refractivity contribution < 1.29 is 9.59 Å². The molecule has 0 bridgehead atoms. The van der Waals surface area contributed by atoms with Crippen molar-refractivity contribution in [1.82, 2.24) is 14.8 Å². The zero-order valence-electron chi connectivity index (χ0n) is 14.4. The summed E-state index contributed by atoms with van der Waals surface area (Å²) in [5.74, 6) is 0.584. The molecule has 126 valence electrons. The predicted molar refractivity (Wildman–Crippen MR) is 90.4 cm³/mol. The molecule has 1 aromatic heterocycles. The topological polar surface area (TPSA) is 53.5 Å². The van der Waals surface area contributed by atoms with Crippen LogP contribution < -0.4 is 0 Å². The Labute approximate surface area is 138 Å². The van der Waals surface area contributed by atoms with Gasteiger partial charge in [-0.05, 0) is 31.2 Å². The molecule has 5 heteroatoms. The first kappa shape index (κ1) is 17.4. The van der Waals surface area contributed by atoms with Gasteiger partial charge in [-0.2, -0.15) is 0 Å². The van der Waals surface area contributed by atoms with Gasteiger partial charge in [-0.25, -0.2) is 0 Å². The number of likely N-dealkylation sites (tertiary alicyclic amines) is 1. The lowest BCUT2D eigenvalue weighted by atomic mass is 9.98. The van der Waals surface area contributed by atoms with Crippen molar-refractivity contribution in [1.29, 1.82) is 0 Å². The Hall–Kier alpha value is -1.91. The van der Waals surface area contributed by atoms with E-state index in [0.717, 1.165) is 45.3 Å². The molecule has 2 rings (SSSR count). The number of carbonyl (C=O) groups excluding carboxylic acids is 2. The number of piperidine rings is 1. The molecule has 0 atom stereocenters. The molecule has 1 aliphatic rings. The summed E-state index contributed by atoms with van der Waals surface area (Å²) in [6, 6.07) is 1.68. The van der Waals surface area contributed by atoms with E-state index in [1.807, 2.05) is 4.90 Å². The first-order valence-corrected chi connectivity index (χ1v) is 8.52. The molecule has 0 saturated carbocycles. The van der Waals surface area contributed by atoms with Crippen molar-refractivity contribution in [3.05, 3.63) is 29.6 Å². The molecule has 2 amide bonds. The number of aromatic nitrogens is 1. The van der Waals surface area contributed by atoms with Gasteiger partial charge in [-0.1, -0.05) is 20.3 Å². The summed E-state index contributed by atoms with van der Waals surface area (Å²) >= 11 is 0. The first-order chi connectivity index (χ1) is 11.0. The maximum Gasteiger partial charge on any atom is 0.255 e. The van der Waals surface area contributed by atoms with Crippen LogP contribution in [0.25, 0.3) is 0 Å². The van der Waals surface area contributed by atoms with Crippen molar-refractivity contribution in [2.45, 2.75) is 39.5 Å². The smallest absolute Gasteiger partial charge is 0.255 e. The Kier molecular flexibility index (Phi) is 6.13. The van der Waals surface area contributed by atoms with Gasteiger partial charge in [0.2, 0.25) is 0 Å². The zero-order valence-corrected chi connectivity index (χ0v) is 14.4. The van der Waals surface area contributed by atoms with Crippen LogP contribution in [0.5, 0.6) is 0 Å². The fourth-order valence-corrected chi connectivity index (χ4v) is 2.79. The van der Waals surface area contributed by atoms with Crippen LogP contribution in [0.4, 0.5) is 0 Å². The Morgan fingerprint density at radius 1 is 1.26 bits per heavy atom. The van der Waals surface area contributed by atoms with Crippen LogP contribution in [0.15, 0.2) is 18.5 Å². The quantitative estimate of drug-likeness (QED) is 0.839. The van der Waals surface area contributed by atoms with E-state index in [2.05, 4.69) is 18.8 Å². The number of hydrogen-bond donors (Lipinski definition) is 0. The molecule has 23 heavy (non-hydrogen) atoms. The molecular formula is C18H27N3O2. The Bertz CT molecular complexity index is 551. The van der Waals surface area contributed by atoms with Crippen LogP contribution in [0.2, 0.25) is 0 Å². The lowest BCUT2D eigenvalue weighted by Gasteiger charge is -2.30. The van der Waals surface area contributed by atoms with Gasteiger partial charge in [-0.3, -0.25) is 14.6 Å². The average Bonchev–Trinajstić information content (AvgIpc) is 2.59. The number of carbonyl (C=O) groups is 2. The van der Waals surface area contributed by atoms with Crippen LogP contribution in [-0.4, -0.2) is 53.3 Å². The third-order valence-electron chi connectivity index (χ3n) is 4.50. The largest absolute Gasteiger partial charge is 0.342 e. The molecule has 0 aliphatic carbocycles. The standard InChI is InChI=1S/C18H27N3O2/c1-4-5-8-20(3)17(22)15-11-16(13-19-12-15)18(23)21-9-6-14(2)7-10-21/h11-14H,4-10H2,1-3H3. The molecule has 1 saturated heterocycles. The maximum atomic E-state index is 12.6. The molecule has 1 aliphatic heterocycles. The highest BCUT2D eigenvalue weighted by molar-refractivity contribution is 5.99. The molecule has 0 spiro atoms. The van der Waals surface area contributed by atoms with E-state index in [1.54, 1.807) is 30.4 Å². The molecule has 0 aromatic carbocycles. The molecule has 0 N–H and O–H groups in total. The molecule has 5 nitrogen and oxygen atoms in total. The van der Waals surface area contributed by atoms with E-state index < -0.39 is 0 Å². The van der Waals surface area contributed by atoms with E-state index in [9.17, 15) is 9.59 Å². The van der Waals surface area contributed by atoms with E-state index in [1.165, 1.54) is 0 Å². The van der Waals surface area contributed by atoms with Crippen LogP contribution in [0.1, 0.15) is 60.2 Å². The number of amides is 2. The second-order valence-electron chi connectivity index (χ2n) is 6.52. The highest BCUT2D eigenvalue weighted by Crippen LogP contribution is 2.18. The molecule has 1 fully saturated rings. The van der Waals surface area contributed by atoms with Crippen molar-refractivity contribution in [3.63, 3.8) is 0 Å². The van der Waals surface area contributed by atoms with Crippen LogP contribution in [0.3, 0.4) is 0 Å². The van der Waals surface area contributed by atoms with E-state index >= 15 is 0 Å². The summed E-state index contributed by atoms with van der Waals surface area (Å²) < 4.78 is 0. The molecule has 2 heterocycles. The van der Waals surface area contributed by atoms with Gasteiger partial charge in [-0.15, -0.1) is 0 Å². The molecular weight excluding hydrogens is 290 g/mol. The van der Waals surface area contributed by atoms with Gasteiger partial charge in [0.25, 0.3) is 11.8 Å². The van der Waals surface area contributed by atoms with Gasteiger partial charge < -0.3 is 9.80 Å². The van der Waals surface area contributed by atoms with E-state index in [4.69, 9.17) is 0 Å². The van der Waals surface area contributed by atoms with Gasteiger partial charge in [0.15, 0.2) is 0 Å². The minimum atomic E-state index is -0.0760. The summed E-state index contributed by atoms with van der Waals surface area (Å²) in [5.41, 5.74) is 0.995. The average molecular weight is 317 g/mol. The first-order valence-electron chi connectivity index (χ1n) is 8.52. The second-order valence-corrected chi connectivity index (χ2v) is 6.52. The van der Waals surface area contributed by atoms with E-state index in [0.29, 0.717) is 17.0 Å². The Morgan fingerprint density at radius 2 is 1.91 bits per heavy atom. The molecule has 0 radical (unpaired) electrons. The lowest BCUT2D eigenvalue weighted by Crippen LogP contribution is -2.38. The summed E-state index contributed by atoms with van der Waals surface area (Å²) in [6.07, 6.45) is 7.19. The van der Waals surface area contributed by atoms with Crippen molar-refractivity contribution >= 4 is 11.8 Å². The second kappa shape index (κ2) is 8.09. The van der Waals surface area contributed by atoms with Crippen LogP contribution in [-0.2, 0) is 0 Å². The summed E-state index contributed by atoms with van der Waals surface area (Å²) in [5, 5.41) is 0. The minimum absolute atomic E-state index is 0.0183. The highest BCUT2D eigenvalue weighted by Gasteiger charge is 2.22. The number of unbranched alkanes of at least 4 members (excludes halogenated alkanes) is 1. The van der Waals surface area contributed by atoms with Gasteiger partial charge in [0.05, 0.1) is 11.1 Å². The number of rotatable bonds is 5. The number of pyridine rings is 1. The van der Waals surface area contributed by atoms with Crippen molar-refractivity contribution in [2.24, 2.45) is 5.92 Å². The minimum Gasteiger partial charge on any atom is -0.342 e. The van der Waals surface area contributed by atoms with Crippen LogP contribution >= 0.6 is 0 Å². The number of nitrogens with zero attached hydrogens (tertiary/aromatic N) is 3. The SMILES string of the molecule is CCCCN(C)C(=O)c1cncc(C(=O)N2CCC(C)CC2)c1. The predicted octanol–water partition coefficient (Wildman–Crippen LogP) is 2.83. The van der Waals surface area contributed by atoms with Gasteiger partial charge in [0.1, 0.15) is 0 Å². The number of hydrogen-bond acceptors (Lipinski definition) is 3. The van der Waals surface area contributed by atoms with Crippen molar-refractivity contribution in [2.75, 3.05) is 26.7 Å². The monoisotopic (exact) mass is 317 g/mol. The fraction of sp³-hybridized carbons (Fsp3) is 0.611. The summed E-state index contributed by atoms with van der Waals surface area (Å²) in [4.78, 5) is 32.7. The lowest BCUT2D eigenvalue weighted by molar-refractivity contribution is 0.0696. The van der Waals surface area contributed by atoms with Crippen LogP contribution in [0, 0.1) is 5.92 Å². The zero-order chi connectivity index (χ0) is 16.8. The maximum absolute atomic E-state index is 12.6. The fourth-order valence-electron chi connectivity index (χ4n) is 2.79. The Morgan fingerprint density at radius 3 is 2.57 bits per heavy atom. The summed E-state index contributed by atoms with van der Waals surface area (Å²) in [6.45, 7) is 6.61. The molecule has 0 unspecified atom stereocenters. The molecule has 1 aromatic rings. The normalized spacial score (nSPS) is 15.5. The highest BCUT2D eigenvalue weighted by atomic mass is 16.2. The van der Waals surface area contributed by atoms with Gasteiger partial charge >= 0.3 is 0 Å². The third-order valence-corrected chi connectivity index (χ3v) is 4.50. The van der Waals surface area contributed by atoms with Crippen molar-refractivity contribution in [3.8, 4) is 0 Å². The Balaban J connectivity index is 2.07. The summed E-state index contributed by atoms with van der Waals surface area (Å²) in [7, 11) is 1.79. The van der Waals surface area contributed by atoms with E-state index in [-0.39, 0.29) is 11.8 Å². The third kappa shape index (κ3) is 4.53. The van der Waals surface area contributed by atoms with Gasteiger partial charge in [0, 0.05) is 39.1 Å².